The number of halogens is 1. The van der Waals surface area contributed by atoms with Gasteiger partial charge in [-0.15, -0.1) is 0 Å². The molecule has 0 aliphatic carbocycles. The van der Waals surface area contributed by atoms with Gasteiger partial charge < -0.3 is 24.4 Å². The first-order valence-corrected chi connectivity index (χ1v) is 11.1. The summed E-state index contributed by atoms with van der Waals surface area (Å²) >= 11 is 5.99. The SMILES string of the molecule is COc1cccc(OC)c1C(=O)Nc1ccc2c(c1)CN(Cc1ccc(Cl)cc1)C(=O)[C@H](C)O2. The monoisotopic (exact) mass is 480 g/mol. The number of nitrogens with zero attached hydrogens (tertiary/aromatic N) is 1. The van der Waals surface area contributed by atoms with Gasteiger partial charge in [0.25, 0.3) is 11.8 Å². The van der Waals surface area contributed by atoms with E-state index in [2.05, 4.69) is 5.32 Å². The van der Waals surface area contributed by atoms with Gasteiger partial charge in [0, 0.05) is 29.4 Å². The summed E-state index contributed by atoms with van der Waals surface area (Å²) in [5.74, 6) is 0.932. The number of hydrogen-bond acceptors (Lipinski definition) is 5. The van der Waals surface area contributed by atoms with Crippen LogP contribution in [0.15, 0.2) is 60.7 Å². The lowest BCUT2D eigenvalue weighted by atomic mass is 10.1. The van der Waals surface area contributed by atoms with Crippen LogP contribution in [-0.4, -0.2) is 37.0 Å². The number of anilines is 1. The minimum atomic E-state index is -0.633. The third kappa shape index (κ3) is 4.94. The van der Waals surface area contributed by atoms with Crippen molar-refractivity contribution in [2.75, 3.05) is 19.5 Å². The highest BCUT2D eigenvalue weighted by Crippen LogP contribution is 2.32. The Hall–Kier alpha value is -3.71. The van der Waals surface area contributed by atoms with E-state index in [-0.39, 0.29) is 11.8 Å². The van der Waals surface area contributed by atoms with E-state index in [0.29, 0.717) is 46.6 Å². The molecular weight excluding hydrogens is 456 g/mol. The zero-order valence-electron chi connectivity index (χ0n) is 19.1. The third-order valence-corrected chi connectivity index (χ3v) is 5.84. The van der Waals surface area contributed by atoms with Crippen LogP contribution in [0, 0.1) is 0 Å². The van der Waals surface area contributed by atoms with Crippen molar-refractivity contribution in [1.82, 2.24) is 4.90 Å². The van der Waals surface area contributed by atoms with Crippen LogP contribution in [-0.2, 0) is 17.9 Å². The number of hydrogen-bond donors (Lipinski definition) is 1. The molecule has 4 rings (SSSR count). The van der Waals surface area contributed by atoms with Gasteiger partial charge in [-0.3, -0.25) is 9.59 Å². The van der Waals surface area contributed by atoms with Crippen LogP contribution in [0.4, 0.5) is 5.69 Å². The van der Waals surface area contributed by atoms with E-state index in [0.717, 1.165) is 11.1 Å². The van der Waals surface area contributed by atoms with E-state index in [4.69, 9.17) is 25.8 Å². The van der Waals surface area contributed by atoms with Gasteiger partial charge in [-0.05, 0) is 55.0 Å². The summed E-state index contributed by atoms with van der Waals surface area (Å²) in [6.45, 7) is 2.48. The van der Waals surface area contributed by atoms with Crippen molar-refractivity contribution < 1.29 is 23.8 Å². The fourth-order valence-electron chi connectivity index (χ4n) is 3.89. The van der Waals surface area contributed by atoms with E-state index in [1.54, 1.807) is 54.3 Å². The smallest absolute Gasteiger partial charge is 0.263 e. The van der Waals surface area contributed by atoms with Gasteiger partial charge in [0.15, 0.2) is 6.10 Å². The molecular formula is C26H25ClN2O5. The Morgan fingerprint density at radius 1 is 1.09 bits per heavy atom. The Bertz CT molecular complexity index is 1190. The lowest BCUT2D eigenvalue weighted by molar-refractivity contribution is -0.138. The number of rotatable bonds is 6. The quantitative estimate of drug-likeness (QED) is 0.542. The Morgan fingerprint density at radius 2 is 1.76 bits per heavy atom. The maximum atomic E-state index is 13.1. The second-order valence-corrected chi connectivity index (χ2v) is 8.33. The van der Waals surface area contributed by atoms with Crippen LogP contribution in [0.1, 0.15) is 28.4 Å². The average molecular weight is 481 g/mol. The Morgan fingerprint density at radius 3 is 2.41 bits per heavy atom. The van der Waals surface area contributed by atoms with Gasteiger partial charge >= 0.3 is 0 Å². The zero-order chi connectivity index (χ0) is 24.2. The number of fused-ring (bicyclic) bond motifs is 1. The van der Waals surface area contributed by atoms with Gasteiger partial charge in [-0.25, -0.2) is 0 Å². The molecule has 3 aromatic carbocycles. The van der Waals surface area contributed by atoms with Crippen molar-refractivity contribution in [2.24, 2.45) is 0 Å². The first kappa shape index (κ1) is 23.4. The molecule has 1 aliphatic rings. The number of nitrogens with one attached hydrogen (secondary N) is 1. The van der Waals surface area contributed by atoms with Gasteiger partial charge in [0.05, 0.1) is 14.2 Å². The van der Waals surface area contributed by atoms with Crippen molar-refractivity contribution >= 4 is 29.1 Å². The standard InChI is InChI=1S/C26H25ClN2O5/c1-16-26(31)29(14-17-7-9-19(27)10-8-17)15-18-13-20(11-12-21(18)34-16)28-25(30)24-22(32-2)5-4-6-23(24)33-3/h4-13,16H,14-15H2,1-3H3,(H,28,30)/t16-/m0/s1. The summed E-state index contributed by atoms with van der Waals surface area (Å²) in [7, 11) is 3.00. The molecule has 0 aromatic heterocycles. The number of methoxy groups -OCH3 is 2. The van der Waals surface area contributed by atoms with Crippen molar-refractivity contribution in [1.29, 1.82) is 0 Å². The molecule has 34 heavy (non-hydrogen) atoms. The van der Waals surface area contributed by atoms with Gasteiger partial charge in [0.2, 0.25) is 0 Å². The van der Waals surface area contributed by atoms with E-state index in [1.807, 2.05) is 18.2 Å². The van der Waals surface area contributed by atoms with Gasteiger partial charge in [0.1, 0.15) is 22.8 Å². The summed E-state index contributed by atoms with van der Waals surface area (Å²) in [5.41, 5.74) is 2.61. The lowest BCUT2D eigenvalue weighted by Gasteiger charge is -2.22. The number of benzene rings is 3. The minimum absolute atomic E-state index is 0.115. The highest BCUT2D eigenvalue weighted by Gasteiger charge is 2.28. The molecule has 0 bridgehead atoms. The van der Waals surface area contributed by atoms with Crippen LogP contribution in [0.3, 0.4) is 0 Å². The summed E-state index contributed by atoms with van der Waals surface area (Å²) < 4.78 is 16.6. The molecule has 176 valence electrons. The predicted molar refractivity (Wildman–Crippen MR) is 130 cm³/mol. The van der Waals surface area contributed by atoms with Crippen LogP contribution in [0.5, 0.6) is 17.2 Å². The molecule has 3 aromatic rings. The Kier molecular flexibility index (Phi) is 6.93. The predicted octanol–water partition coefficient (Wildman–Crippen LogP) is 4.92. The lowest BCUT2D eigenvalue weighted by Crippen LogP contribution is -2.37. The molecule has 0 saturated heterocycles. The van der Waals surface area contributed by atoms with Crippen molar-refractivity contribution in [3.8, 4) is 17.2 Å². The van der Waals surface area contributed by atoms with Crippen LogP contribution in [0.2, 0.25) is 5.02 Å². The molecule has 0 fully saturated rings. The van der Waals surface area contributed by atoms with Crippen LogP contribution >= 0.6 is 11.6 Å². The minimum Gasteiger partial charge on any atom is -0.496 e. The molecule has 0 spiro atoms. The summed E-state index contributed by atoms with van der Waals surface area (Å²) in [5, 5.41) is 3.54. The number of amides is 2. The fourth-order valence-corrected chi connectivity index (χ4v) is 4.02. The molecule has 2 amide bonds. The highest BCUT2D eigenvalue weighted by atomic mass is 35.5. The molecule has 1 atom stereocenters. The first-order chi connectivity index (χ1) is 16.4. The van der Waals surface area contributed by atoms with Gasteiger partial charge in [-0.2, -0.15) is 0 Å². The first-order valence-electron chi connectivity index (χ1n) is 10.7. The largest absolute Gasteiger partial charge is 0.496 e. The molecule has 1 aliphatic heterocycles. The highest BCUT2D eigenvalue weighted by molar-refractivity contribution is 6.30. The third-order valence-electron chi connectivity index (χ3n) is 5.58. The van der Waals surface area contributed by atoms with E-state index >= 15 is 0 Å². The summed E-state index contributed by atoms with van der Waals surface area (Å²) in [4.78, 5) is 27.8. The number of ether oxygens (including phenoxy) is 3. The molecule has 0 saturated carbocycles. The van der Waals surface area contributed by atoms with Crippen molar-refractivity contribution in [3.63, 3.8) is 0 Å². The van der Waals surface area contributed by atoms with Gasteiger partial charge in [-0.1, -0.05) is 29.8 Å². The molecule has 7 nitrogen and oxygen atoms in total. The topological polar surface area (TPSA) is 77.1 Å². The molecule has 8 heteroatoms. The fraction of sp³-hybridized carbons (Fsp3) is 0.231. The number of carbonyl (C=O) groups is 2. The summed E-state index contributed by atoms with van der Waals surface area (Å²) in [6, 6.07) is 17.9. The molecule has 0 unspecified atom stereocenters. The van der Waals surface area contributed by atoms with Crippen LogP contribution < -0.4 is 19.5 Å². The van der Waals surface area contributed by atoms with Crippen molar-refractivity contribution in [3.05, 3.63) is 82.4 Å². The van der Waals surface area contributed by atoms with E-state index in [9.17, 15) is 9.59 Å². The Labute approximate surface area is 203 Å². The molecule has 1 heterocycles. The number of carbonyl (C=O) groups excluding carboxylic acids is 2. The maximum absolute atomic E-state index is 13.1. The van der Waals surface area contributed by atoms with E-state index in [1.165, 1.54) is 14.2 Å². The second-order valence-electron chi connectivity index (χ2n) is 7.90. The molecule has 0 radical (unpaired) electrons. The molecule has 1 N–H and O–H groups in total. The van der Waals surface area contributed by atoms with Crippen molar-refractivity contribution in [2.45, 2.75) is 26.1 Å². The zero-order valence-corrected chi connectivity index (χ0v) is 19.9. The normalized spacial score (nSPS) is 15.1. The second kappa shape index (κ2) is 10.1. The van der Waals surface area contributed by atoms with E-state index < -0.39 is 6.10 Å². The van der Waals surface area contributed by atoms with Crippen LogP contribution in [0.25, 0.3) is 0 Å². The average Bonchev–Trinajstić information content (AvgIpc) is 2.95. The Balaban J connectivity index is 1.59. The maximum Gasteiger partial charge on any atom is 0.263 e. The summed E-state index contributed by atoms with van der Waals surface area (Å²) in [6.07, 6.45) is -0.633.